The van der Waals surface area contributed by atoms with Gasteiger partial charge >= 0.3 is 6.03 Å². The first-order valence-corrected chi connectivity index (χ1v) is 9.61. The minimum atomic E-state index is -1.65. The molecule has 0 aliphatic carbocycles. The summed E-state index contributed by atoms with van der Waals surface area (Å²) in [6.45, 7) is 2.83. The molecule has 0 fully saturated rings. The number of aromatic nitrogens is 2. The third kappa shape index (κ3) is 4.39. The number of nitrogens with one attached hydrogen (secondary N) is 1. The summed E-state index contributed by atoms with van der Waals surface area (Å²) >= 11 is 5.84. The molecule has 1 aromatic carbocycles. The predicted octanol–water partition coefficient (Wildman–Crippen LogP) is 2.08. The third-order valence-corrected chi connectivity index (χ3v) is 5.20. The van der Waals surface area contributed by atoms with E-state index in [9.17, 15) is 23.5 Å². The topological polar surface area (TPSA) is 113 Å². The number of benzene rings is 1. The molecule has 0 saturated heterocycles. The van der Waals surface area contributed by atoms with Crippen LogP contribution in [0.25, 0.3) is 11.3 Å². The molecule has 0 radical (unpaired) electrons. The predicted molar refractivity (Wildman–Crippen MR) is 106 cm³/mol. The number of aliphatic hydroxyl groups is 1. The number of urea groups is 1. The van der Waals surface area contributed by atoms with E-state index < -0.39 is 29.5 Å². The molecule has 4 N–H and O–H groups in total. The summed E-state index contributed by atoms with van der Waals surface area (Å²) in [5.41, 5.74) is 5.16. The van der Waals surface area contributed by atoms with Crippen molar-refractivity contribution < 1.29 is 23.5 Å². The Balaban J connectivity index is 1.84. The number of hydrogen-bond donors (Lipinski definition) is 3. The second kappa shape index (κ2) is 8.19. The van der Waals surface area contributed by atoms with Crippen LogP contribution in [0.2, 0.25) is 5.02 Å². The van der Waals surface area contributed by atoms with Crippen molar-refractivity contribution in [2.45, 2.75) is 38.7 Å². The molecule has 1 atom stereocenters. The van der Waals surface area contributed by atoms with Crippen LogP contribution in [0, 0.1) is 5.82 Å². The summed E-state index contributed by atoms with van der Waals surface area (Å²) in [6.07, 6.45) is -1.65. The monoisotopic (exact) mass is 441 g/mol. The van der Waals surface area contributed by atoms with Gasteiger partial charge in [-0.1, -0.05) is 11.6 Å². The smallest absolute Gasteiger partial charge is 0.317 e. The molecule has 3 rings (SSSR count). The van der Waals surface area contributed by atoms with Crippen molar-refractivity contribution in [1.29, 1.82) is 0 Å². The molecule has 3 amide bonds. The lowest BCUT2D eigenvalue weighted by Gasteiger charge is -2.29. The normalized spacial score (nSPS) is 14.9. The molecule has 30 heavy (non-hydrogen) atoms. The van der Waals surface area contributed by atoms with Crippen molar-refractivity contribution >= 4 is 23.5 Å². The Bertz CT molecular complexity index is 989. The number of carbonyl (C=O) groups excluding carboxylic acids is 2. The fourth-order valence-corrected chi connectivity index (χ4v) is 3.31. The first-order valence-electron chi connectivity index (χ1n) is 9.23. The SMILES string of the molecule is CC(C)(O)C(F)CNC(=O)N1CCn2nc(-c3ccc(F)c(Cl)c3)c(C(N)=O)c2C1. The van der Waals surface area contributed by atoms with E-state index in [0.29, 0.717) is 11.3 Å². The van der Waals surface area contributed by atoms with Gasteiger partial charge in [0.05, 0.1) is 41.5 Å². The molecule has 0 bridgehead atoms. The fraction of sp³-hybridized carbons (Fsp3) is 0.421. The summed E-state index contributed by atoms with van der Waals surface area (Å²) in [6, 6.07) is 3.40. The van der Waals surface area contributed by atoms with Gasteiger partial charge in [-0.05, 0) is 32.0 Å². The van der Waals surface area contributed by atoms with Crippen molar-refractivity contribution in [3.05, 3.63) is 40.3 Å². The van der Waals surface area contributed by atoms with E-state index in [4.69, 9.17) is 17.3 Å². The molecular formula is C19H22ClF2N5O3. The van der Waals surface area contributed by atoms with Gasteiger partial charge in [-0.2, -0.15) is 5.10 Å². The number of fused-ring (bicyclic) bond motifs is 1. The highest BCUT2D eigenvalue weighted by Crippen LogP contribution is 2.30. The number of hydrogen-bond acceptors (Lipinski definition) is 4. The maximum absolute atomic E-state index is 13.9. The summed E-state index contributed by atoms with van der Waals surface area (Å²) in [5.74, 6) is -1.36. The second-order valence-corrected chi connectivity index (χ2v) is 8.02. The van der Waals surface area contributed by atoms with Crippen LogP contribution in [-0.2, 0) is 13.1 Å². The minimum Gasteiger partial charge on any atom is -0.387 e. The van der Waals surface area contributed by atoms with Gasteiger partial charge < -0.3 is 21.1 Å². The lowest BCUT2D eigenvalue weighted by molar-refractivity contribution is -0.00160. The van der Waals surface area contributed by atoms with Crippen molar-refractivity contribution in [3.63, 3.8) is 0 Å². The average Bonchev–Trinajstić information content (AvgIpc) is 3.06. The number of alkyl halides is 1. The molecule has 0 spiro atoms. The second-order valence-electron chi connectivity index (χ2n) is 7.62. The standard InChI is InChI=1S/C19H22ClF2N5O3/c1-19(2,30)14(22)8-24-18(29)26-5-6-27-13(9-26)15(17(23)28)16(25-27)10-3-4-12(21)11(20)7-10/h3-4,7,14,30H,5-6,8-9H2,1-2H3,(H2,23,28)(H,24,29). The Hall–Kier alpha value is -2.72. The van der Waals surface area contributed by atoms with Crippen molar-refractivity contribution in [3.8, 4) is 11.3 Å². The van der Waals surface area contributed by atoms with Crippen LogP contribution >= 0.6 is 11.6 Å². The van der Waals surface area contributed by atoms with Crippen LogP contribution in [-0.4, -0.2) is 56.6 Å². The molecule has 8 nitrogen and oxygen atoms in total. The third-order valence-electron chi connectivity index (χ3n) is 4.91. The van der Waals surface area contributed by atoms with Crippen LogP contribution in [0.3, 0.4) is 0 Å². The van der Waals surface area contributed by atoms with Gasteiger partial charge in [0.2, 0.25) is 0 Å². The summed E-state index contributed by atoms with van der Waals surface area (Å²) in [5, 5.41) is 16.4. The summed E-state index contributed by atoms with van der Waals surface area (Å²) in [7, 11) is 0. The number of amides is 3. The average molecular weight is 442 g/mol. The van der Waals surface area contributed by atoms with Crippen molar-refractivity contribution in [1.82, 2.24) is 20.0 Å². The quantitative estimate of drug-likeness (QED) is 0.659. The van der Waals surface area contributed by atoms with Gasteiger partial charge in [0, 0.05) is 12.1 Å². The van der Waals surface area contributed by atoms with E-state index >= 15 is 0 Å². The van der Waals surface area contributed by atoms with Crippen LogP contribution < -0.4 is 11.1 Å². The van der Waals surface area contributed by atoms with E-state index in [1.807, 2.05) is 0 Å². The highest BCUT2D eigenvalue weighted by molar-refractivity contribution is 6.31. The van der Waals surface area contributed by atoms with Crippen molar-refractivity contribution in [2.24, 2.45) is 5.73 Å². The van der Waals surface area contributed by atoms with Crippen LogP contribution in [0.15, 0.2) is 18.2 Å². The minimum absolute atomic E-state index is 0.0193. The molecule has 1 aliphatic heterocycles. The Labute approximate surface area is 176 Å². The number of rotatable bonds is 5. The Morgan fingerprint density at radius 2 is 2.10 bits per heavy atom. The number of primary amides is 1. The van der Waals surface area contributed by atoms with Gasteiger partial charge in [0.1, 0.15) is 17.7 Å². The lowest BCUT2D eigenvalue weighted by Crippen LogP contribution is -2.48. The zero-order chi connectivity index (χ0) is 22.2. The molecule has 1 aliphatic rings. The molecule has 1 aromatic heterocycles. The van der Waals surface area contributed by atoms with Gasteiger partial charge in [-0.15, -0.1) is 0 Å². The van der Waals surface area contributed by atoms with Gasteiger partial charge in [0.25, 0.3) is 5.91 Å². The number of nitrogens with zero attached hydrogens (tertiary/aromatic N) is 3. The first kappa shape index (κ1) is 22.0. The van der Waals surface area contributed by atoms with Crippen LogP contribution in [0.4, 0.5) is 13.6 Å². The number of carbonyl (C=O) groups is 2. The highest BCUT2D eigenvalue weighted by Gasteiger charge is 2.31. The summed E-state index contributed by atoms with van der Waals surface area (Å²) in [4.78, 5) is 26.0. The maximum Gasteiger partial charge on any atom is 0.317 e. The molecule has 162 valence electrons. The van der Waals surface area contributed by atoms with Gasteiger partial charge in [-0.3, -0.25) is 9.48 Å². The molecule has 2 heterocycles. The highest BCUT2D eigenvalue weighted by atomic mass is 35.5. The van der Waals surface area contributed by atoms with E-state index in [2.05, 4.69) is 10.4 Å². The lowest BCUT2D eigenvalue weighted by atomic mass is 10.0. The van der Waals surface area contributed by atoms with Crippen LogP contribution in [0.5, 0.6) is 0 Å². The van der Waals surface area contributed by atoms with E-state index in [1.165, 1.54) is 30.9 Å². The van der Waals surface area contributed by atoms with Crippen molar-refractivity contribution in [2.75, 3.05) is 13.1 Å². The molecule has 11 heteroatoms. The zero-order valence-electron chi connectivity index (χ0n) is 16.5. The Morgan fingerprint density at radius 1 is 1.40 bits per heavy atom. The van der Waals surface area contributed by atoms with E-state index in [-0.39, 0.29) is 42.5 Å². The molecular weight excluding hydrogens is 420 g/mol. The molecule has 2 aromatic rings. The van der Waals surface area contributed by atoms with E-state index in [1.54, 1.807) is 4.68 Å². The van der Waals surface area contributed by atoms with Gasteiger partial charge in [0.15, 0.2) is 0 Å². The molecule has 0 saturated carbocycles. The van der Waals surface area contributed by atoms with Crippen LogP contribution in [0.1, 0.15) is 29.9 Å². The summed E-state index contributed by atoms with van der Waals surface area (Å²) < 4.78 is 29.0. The Kier molecular flexibility index (Phi) is 6.00. The zero-order valence-corrected chi connectivity index (χ0v) is 17.2. The Morgan fingerprint density at radius 3 is 2.70 bits per heavy atom. The number of halogens is 3. The van der Waals surface area contributed by atoms with Gasteiger partial charge in [-0.25, -0.2) is 13.6 Å². The first-order chi connectivity index (χ1) is 14.0. The largest absolute Gasteiger partial charge is 0.387 e. The van der Waals surface area contributed by atoms with E-state index in [0.717, 1.165) is 6.07 Å². The fourth-order valence-electron chi connectivity index (χ4n) is 3.13. The number of nitrogens with two attached hydrogens (primary N) is 1. The maximum atomic E-state index is 13.9. The molecule has 1 unspecified atom stereocenters.